The number of ether oxygens (including phenoxy) is 2. The summed E-state index contributed by atoms with van der Waals surface area (Å²) in [5.41, 5.74) is 0.251. The third-order valence-electron chi connectivity index (χ3n) is 5.54. The van der Waals surface area contributed by atoms with Crippen LogP contribution in [0.25, 0.3) is 0 Å². The fourth-order valence-corrected chi connectivity index (χ4v) is 3.73. The van der Waals surface area contributed by atoms with Gasteiger partial charge in [0.05, 0.1) is 7.11 Å². The van der Waals surface area contributed by atoms with Crippen LogP contribution in [0.3, 0.4) is 0 Å². The lowest BCUT2D eigenvalue weighted by Crippen LogP contribution is -2.40. The standard InChI is InChI=1S/C24H24F2N4O3/c1-32-19-3-2-4-20(14-19)33-24-22(27-9-10-28-24)30-11-7-16(8-12-30)23(31)29-15-17-5-6-18(25)13-21(17)26/h2-6,9-10,13-14,16H,7-8,11-12,15H2,1H3,(H,29,31). The molecule has 1 N–H and O–H groups in total. The molecule has 172 valence electrons. The Kier molecular flexibility index (Phi) is 6.97. The molecule has 0 unspecified atom stereocenters. The largest absolute Gasteiger partial charge is 0.497 e. The molecule has 0 radical (unpaired) electrons. The number of rotatable bonds is 7. The third-order valence-corrected chi connectivity index (χ3v) is 5.54. The number of hydrogen-bond acceptors (Lipinski definition) is 6. The molecular formula is C24H24F2N4O3. The summed E-state index contributed by atoms with van der Waals surface area (Å²) >= 11 is 0. The van der Waals surface area contributed by atoms with E-state index in [4.69, 9.17) is 9.47 Å². The lowest BCUT2D eigenvalue weighted by atomic mass is 9.96. The van der Waals surface area contributed by atoms with E-state index < -0.39 is 11.6 Å². The highest BCUT2D eigenvalue weighted by atomic mass is 19.1. The van der Waals surface area contributed by atoms with Crippen LogP contribution in [0.1, 0.15) is 18.4 Å². The molecule has 1 amide bonds. The highest BCUT2D eigenvalue weighted by molar-refractivity contribution is 5.79. The van der Waals surface area contributed by atoms with Gasteiger partial charge in [0.1, 0.15) is 23.1 Å². The van der Waals surface area contributed by atoms with Gasteiger partial charge in [-0.15, -0.1) is 0 Å². The van der Waals surface area contributed by atoms with Crippen molar-refractivity contribution in [2.24, 2.45) is 5.92 Å². The summed E-state index contributed by atoms with van der Waals surface area (Å²) in [5, 5.41) is 2.75. The van der Waals surface area contributed by atoms with E-state index in [0.717, 1.165) is 6.07 Å². The number of aromatic nitrogens is 2. The fraction of sp³-hybridized carbons (Fsp3) is 0.292. The number of amides is 1. The summed E-state index contributed by atoms with van der Waals surface area (Å²) in [5.74, 6) is 0.566. The number of carbonyl (C=O) groups is 1. The fourth-order valence-electron chi connectivity index (χ4n) is 3.73. The molecule has 2 heterocycles. The maximum atomic E-state index is 13.8. The number of carbonyl (C=O) groups excluding carboxylic acids is 1. The molecule has 0 bridgehead atoms. The van der Waals surface area contributed by atoms with E-state index in [9.17, 15) is 13.6 Å². The molecule has 3 aromatic rings. The van der Waals surface area contributed by atoms with Crippen molar-refractivity contribution in [1.29, 1.82) is 0 Å². The molecular weight excluding hydrogens is 430 g/mol. The van der Waals surface area contributed by atoms with Gasteiger partial charge in [-0.2, -0.15) is 0 Å². The molecule has 0 atom stereocenters. The van der Waals surface area contributed by atoms with Crippen LogP contribution in [-0.2, 0) is 11.3 Å². The molecule has 33 heavy (non-hydrogen) atoms. The van der Waals surface area contributed by atoms with Crippen molar-refractivity contribution in [1.82, 2.24) is 15.3 Å². The van der Waals surface area contributed by atoms with Gasteiger partial charge >= 0.3 is 0 Å². The molecule has 1 fully saturated rings. The minimum atomic E-state index is -0.670. The Morgan fingerprint density at radius 3 is 2.61 bits per heavy atom. The first-order chi connectivity index (χ1) is 16.0. The van der Waals surface area contributed by atoms with Gasteiger partial charge in [-0.25, -0.2) is 18.7 Å². The molecule has 0 saturated carbocycles. The van der Waals surface area contributed by atoms with Crippen molar-refractivity contribution in [3.63, 3.8) is 0 Å². The van der Waals surface area contributed by atoms with Crippen molar-refractivity contribution in [3.8, 4) is 17.4 Å². The normalized spacial score (nSPS) is 14.1. The van der Waals surface area contributed by atoms with Crippen LogP contribution in [0.2, 0.25) is 0 Å². The summed E-state index contributed by atoms with van der Waals surface area (Å²) in [7, 11) is 1.59. The van der Waals surface area contributed by atoms with Crippen LogP contribution in [0.15, 0.2) is 54.9 Å². The Labute approximate surface area is 190 Å². The highest BCUT2D eigenvalue weighted by Crippen LogP contribution is 2.32. The number of nitrogens with zero attached hydrogens (tertiary/aromatic N) is 3. The third kappa shape index (κ3) is 5.54. The van der Waals surface area contributed by atoms with Gasteiger partial charge in [0, 0.05) is 55.6 Å². The number of benzene rings is 2. The van der Waals surface area contributed by atoms with E-state index >= 15 is 0 Å². The maximum absolute atomic E-state index is 13.8. The Morgan fingerprint density at radius 2 is 1.85 bits per heavy atom. The van der Waals surface area contributed by atoms with Crippen molar-refractivity contribution in [2.75, 3.05) is 25.1 Å². The van der Waals surface area contributed by atoms with E-state index in [1.165, 1.54) is 12.1 Å². The molecule has 0 spiro atoms. The zero-order valence-corrected chi connectivity index (χ0v) is 18.1. The maximum Gasteiger partial charge on any atom is 0.263 e. The first kappa shape index (κ1) is 22.4. The summed E-state index contributed by atoms with van der Waals surface area (Å²) in [4.78, 5) is 23.4. The minimum absolute atomic E-state index is 0.0217. The van der Waals surface area contributed by atoms with Gasteiger partial charge in [-0.3, -0.25) is 4.79 Å². The van der Waals surface area contributed by atoms with Crippen molar-refractivity contribution in [3.05, 3.63) is 72.1 Å². The molecule has 1 aliphatic rings. The van der Waals surface area contributed by atoms with E-state index in [-0.39, 0.29) is 23.9 Å². The Balaban J connectivity index is 1.35. The number of hydrogen-bond donors (Lipinski definition) is 1. The smallest absolute Gasteiger partial charge is 0.263 e. The number of halogens is 2. The van der Waals surface area contributed by atoms with E-state index in [2.05, 4.69) is 15.3 Å². The van der Waals surface area contributed by atoms with Crippen molar-refractivity contribution >= 4 is 11.7 Å². The van der Waals surface area contributed by atoms with Gasteiger partial charge in [-0.1, -0.05) is 12.1 Å². The monoisotopic (exact) mass is 454 g/mol. The molecule has 1 aromatic heterocycles. The number of anilines is 1. The van der Waals surface area contributed by atoms with Crippen LogP contribution in [0.4, 0.5) is 14.6 Å². The summed E-state index contributed by atoms with van der Waals surface area (Å²) in [6, 6.07) is 10.5. The first-order valence-electron chi connectivity index (χ1n) is 10.6. The second-order valence-corrected chi connectivity index (χ2v) is 7.68. The van der Waals surface area contributed by atoms with Gasteiger partial charge in [0.15, 0.2) is 5.82 Å². The Morgan fingerprint density at radius 1 is 1.09 bits per heavy atom. The molecule has 0 aliphatic carbocycles. The average Bonchev–Trinajstić information content (AvgIpc) is 2.84. The van der Waals surface area contributed by atoms with E-state index in [1.54, 1.807) is 25.6 Å². The number of nitrogens with one attached hydrogen (secondary N) is 1. The quantitative estimate of drug-likeness (QED) is 0.580. The number of methoxy groups -OCH3 is 1. The van der Waals surface area contributed by atoms with Gasteiger partial charge in [0.25, 0.3) is 5.88 Å². The Hall–Kier alpha value is -3.75. The number of piperidine rings is 1. The minimum Gasteiger partial charge on any atom is -0.497 e. The first-order valence-corrected chi connectivity index (χ1v) is 10.6. The van der Waals surface area contributed by atoms with Crippen LogP contribution in [-0.4, -0.2) is 36.1 Å². The molecule has 2 aromatic carbocycles. The molecule has 7 nitrogen and oxygen atoms in total. The second-order valence-electron chi connectivity index (χ2n) is 7.68. The van der Waals surface area contributed by atoms with Gasteiger partial charge in [0.2, 0.25) is 5.91 Å². The van der Waals surface area contributed by atoms with Gasteiger partial charge in [-0.05, 0) is 31.0 Å². The van der Waals surface area contributed by atoms with Crippen LogP contribution in [0, 0.1) is 17.6 Å². The topological polar surface area (TPSA) is 76.6 Å². The molecule has 1 saturated heterocycles. The van der Waals surface area contributed by atoms with Crippen LogP contribution in [0.5, 0.6) is 17.4 Å². The summed E-state index contributed by atoms with van der Waals surface area (Å²) in [6.07, 6.45) is 4.37. The predicted molar refractivity (Wildman–Crippen MR) is 118 cm³/mol. The van der Waals surface area contributed by atoms with Gasteiger partial charge < -0.3 is 19.7 Å². The molecule has 9 heteroatoms. The Bertz CT molecular complexity index is 1120. The summed E-state index contributed by atoms with van der Waals surface area (Å²) < 4.78 is 38.0. The van der Waals surface area contributed by atoms with Crippen LogP contribution < -0.4 is 19.7 Å². The SMILES string of the molecule is COc1cccc(Oc2nccnc2N2CCC(C(=O)NCc3ccc(F)cc3F)CC2)c1. The lowest BCUT2D eigenvalue weighted by molar-refractivity contribution is -0.125. The molecule has 1 aliphatic heterocycles. The van der Waals surface area contributed by atoms with Crippen molar-refractivity contribution < 1.29 is 23.0 Å². The van der Waals surface area contributed by atoms with E-state index in [1.807, 2.05) is 23.1 Å². The summed E-state index contributed by atoms with van der Waals surface area (Å²) in [6.45, 7) is 1.21. The van der Waals surface area contributed by atoms with Crippen LogP contribution >= 0.6 is 0 Å². The van der Waals surface area contributed by atoms with Crippen molar-refractivity contribution in [2.45, 2.75) is 19.4 Å². The van der Waals surface area contributed by atoms with E-state index in [0.29, 0.717) is 49.1 Å². The second kappa shape index (κ2) is 10.2. The highest BCUT2D eigenvalue weighted by Gasteiger charge is 2.27. The predicted octanol–water partition coefficient (Wildman–Crippen LogP) is 4.09. The zero-order chi connectivity index (χ0) is 23.2. The lowest BCUT2D eigenvalue weighted by Gasteiger charge is -2.32. The average molecular weight is 454 g/mol. The molecule has 4 rings (SSSR count). The zero-order valence-electron chi connectivity index (χ0n) is 18.1.